The number of aliphatic hydroxyl groups is 1. The highest BCUT2D eigenvalue weighted by Crippen LogP contribution is 2.36. The lowest BCUT2D eigenvalue weighted by atomic mass is 9.92. The Balaban J connectivity index is 1.93. The normalized spacial score (nSPS) is 30.4. The highest BCUT2D eigenvalue weighted by atomic mass is 16.7. The SMILES string of the molecule is NC1(CO)COC2(CCCCC2)OC1. The molecule has 82 valence electrons. The minimum absolute atomic E-state index is 0.0803. The Hall–Kier alpha value is -0.160. The van der Waals surface area contributed by atoms with Crippen molar-refractivity contribution in [3.8, 4) is 0 Å². The van der Waals surface area contributed by atoms with Crippen LogP contribution in [0, 0.1) is 0 Å². The van der Waals surface area contributed by atoms with E-state index in [1.807, 2.05) is 0 Å². The minimum atomic E-state index is -0.692. The molecule has 1 aliphatic heterocycles. The van der Waals surface area contributed by atoms with Crippen LogP contribution in [-0.2, 0) is 9.47 Å². The molecule has 14 heavy (non-hydrogen) atoms. The van der Waals surface area contributed by atoms with E-state index in [1.165, 1.54) is 6.42 Å². The van der Waals surface area contributed by atoms with Gasteiger partial charge in [-0.2, -0.15) is 0 Å². The van der Waals surface area contributed by atoms with Crippen LogP contribution in [0.2, 0.25) is 0 Å². The number of aliphatic hydroxyl groups excluding tert-OH is 1. The molecule has 1 spiro atoms. The quantitative estimate of drug-likeness (QED) is 0.644. The van der Waals surface area contributed by atoms with E-state index in [4.69, 9.17) is 20.3 Å². The maximum absolute atomic E-state index is 9.05. The summed E-state index contributed by atoms with van der Waals surface area (Å²) in [6, 6.07) is 0. The Morgan fingerprint density at radius 3 is 2.14 bits per heavy atom. The molecule has 4 nitrogen and oxygen atoms in total. The minimum Gasteiger partial charge on any atom is -0.394 e. The van der Waals surface area contributed by atoms with Crippen molar-refractivity contribution in [1.29, 1.82) is 0 Å². The molecule has 2 fully saturated rings. The molecule has 0 atom stereocenters. The van der Waals surface area contributed by atoms with Gasteiger partial charge in [-0.15, -0.1) is 0 Å². The molecule has 2 rings (SSSR count). The second-order valence-corrected chi connectivity index (χ2v) is 4.57. The summed E-state index contributed by atoms with van der Waals surface area (Å²) in [6.45, 7) is 0.732. The van der Waals surface area contributed by atoms with Crippen LogP contribution in [0.4, 0.5) is 0 Å². The molecule has 0 radical (unpaired) electrons. The van der Waals surface area contributed by atoms with Gasteiger partial charge >= 0.3 is 0 Å². The highest BCUT2D eigenvalue weighted by Gasteiger charge is 2.43. The van der Waals surface area contributed by atoms with Crippen molar-refractivity contribution in [2.75, 3.05) is 19.8 Å². The zero-order valence-electron chi connectivity index (χ0n) is 8.50. The number of rotatable bonds is 1. The van der Waals surface area contributed by atoms with Gasteiger partial charge in [-0.3, -0.25) is 0 Å². The third-order valence-electron chi connectivity index (χ3n) is 3.18. The fourth-order valence-corrected chi connectivity index (χ4v) is 2.10. The molecule has 0 aromatic carbocycles. The first-order chi connectivity index (χ1) is 6.68. The van der Waals surface area contributed by atoms with Crippen LogP contribution < -0.4 is 5.73 Å². The standard InChI is InChI=1S/C10H19NO3/c11-9(6-12)7-13-10(14-8-9)4-2-1-3-5-10/h12H,1-8,11H2. The van der Waals surface area contributed by atoms with E-state index in [1.54, 1.807) is 0 Å². The van der Waals surface area contributed by atoms with Crippen LogP contribution in [0.1, 0.15) is 32.1 Å². The molecule has 0 bridgehead atoms. The van der Waals surface area contributed by atoms with Gasteiger partial charge in [0.15, 0.2) is 5.79 Å². The largest absolute Gasteiger partial charge is 0.394 e. The first-order valence-corrected chi connectivity index (χ1v) is 5.36. The van der Waals surface area contributed by atoms with Crippen molar-refractivity contribution < 1.29 is 14.6 Å². The van der Waals surface area contributed by atoms with Gasteiger partial charge in [-0.1, -0.05) is 6.42 Å². The van der Waals surface area contributed by atoms with Gasteiger partial charge in [0.2, 0.25) is 0 Å². The summed E-state index contributed by atoms with van der Waals surface area (Å²) in [5.41, 5.74) is 5.16. The maximum atomic E-state index is 9.05. The topological polar surface area (TPSA) is 64.7 Å². The van der Waals surface area contributed by atoms with E-state index in [2.05, 4.69) is 0 Å². The lowest BCUT2D eigenvalue weighted by Gasteiger charge is -2.45. The average molecular weight is 201 g/mol. The van der Waals surface area contributed by atoms with Gasteiger partial charge in [0.25, 0.3) is 0 Å². The lowest BCUT2D eigenvalue weighted by molar-refractivity contribution is -0.301. The fourth-order valence-electron chi connectivity index (χ4n) is 2.10. The molecular weight excluding hydrogens is 182 g/mol. The van der Waals surface area contributed by atoms with Crippen molar-refractivity contribution >= 4 is 0 Å². The molecule has 2 aliphatic rings. The first-order valence-electron chi connectivity index (χ1n) is 5.36. The second-order valence-electron chi connectivity index (χ2n) is 4.57. The molecule has 4 heteroatoms. The molecular formula is C10H19NO3. The monoisotopic (exact) mass is 201 g/mol. The summed E-state index contributed by atoms with van der Waals surface area (Å²) in [6.07, 6.45) is 5.53. The molecule has 0 aromatic heterocycles. The Morgan fingerprint density at radius 2 is 1.64 bits per heavy atom. The summed E-state index contributed by atoms with van der Waals surface area (Å²) in [7, 11) is 0. The fraction of sp³-hybridized carbons (Fsp3) is 1.00. The molecule has 0 aromatic rings. The second kappa shape index (κ2) is 3.77. The molecule has 1 heterocycles. The van der Waals surface area contributed by atoms with Gasteiger partial charge in [0.1, 0.15) is 0 Å². The third kappa shape index (κ3) is 1.93. The van der Waals surface area contributed by atoms with Gasteiger partial charge in [-0.05, 0) is 12.8 Å². The summed E-state index contributed by atoms with van der Waals surface area (Å²) < 4.78 is 11.4. The number of hydrogen-bond donors (Lipinski definition) is 2. The summed E-state index contributed by atoms with van der Waals surface area (Å²) in [5.74, 6) is -0.379. The van der Waals surface area contributed by atoms with E-state index >= 15 is 0 Å². The average Bonchev–Trinajstić information content (AvgIpc) is 2.25. The predicted molar refractivity (Wildman–Crippen MR) is 51.7 cm³/mol. The van der Waals surface area contributed by atoms with Crippen molar-refractivity contribution in [1.82, 2.24) is 0 Å². The Labute approximate surface area is 84.4 Å². The highest BCUT2D eigenvalue weighted by molar-refractivity contribution is 4.90. The van der Waals surface area contributed by atoms with Crippen LogP contribution >= 0.6 is 0 Å². The van der Waals surface area contributed by atoms with E-state index in [0.717, 1.165) is 25.7 Å². The van der Waals surface area contributed by atoms with Crippen LogP contribution in [0.3, 0.4) is 0 Å². The number of nitrogens with two attached hydrogens (primary N) is 1. The predicted octanol–water partition coefficient (Wildman–Crippen LogP) is 0.383. The van der Waals surface area contributed by atoms with Gasteiger partial charge in [-0.25, -0.2) is 0 Å². The molecule has 1 saturated heterocycles. The molecule has 0 unspecified atom stereocenters. The first kappa shape index (κ1) is 10.4. The van der Waals surface area contributed by atoms with Crippen LogP contribution in [-0.4, -0.2) is 36.3 Å². The van der Waals surface area contributed by atoms with E-state index in [9.17, 15) is 0 Å². The Morgan fingerprint density at radius 1 is 1.07 bits per heavy atom. The Kier molecular flexibility index (Phi) is 2.79. The number of ether oxygens (including phenoxy) is 2. The third-order valence-corrected chi connectivity index (χ3v) is 3.18. The van der Waals surface area contributed by atoms with Crippen molar-refractivity contribution in [2.24, 2.45) is 5.73 Å². The summed E-state index contributed by atoms with van der Waals surface area (Å²) >= 11 is 0. The van der Waals surface area contributed by atoms with Crippen LogP contribution in [0.25, 0.3) is 0 Å². The van der Waals surface area contributed by atoms with E-state index < -0.39 is 5.54 Å². The van der Waals surface area contributed by atoms with Crippen LogP contribution in [0.5, 0.6) is 0 Å². The Bertz CT molecular complexity index is 192. The summed E-state index contributed by atoms with van der Waals surface area (Å²) in [4.78, 5) is 0. The van der Waals surface area contributed by atoms with Crippen molar-refractivity contribution in [3.63, 3.8) is 0 Å². The molecule has 3 N–H and O–H groups in total. The van der Waals surface area contributed by atoms with Gasteiger partial charge in [0.05, 0.1) is 25.4 Å². The lowest BCUT2D eigenvalue weighted by Crippen LogP contribution is -2.61. The molecule has 0 amide bonds. The van der Waals surface area contributed by atoms with Gasteiger partial charge in [0, 0.05) is 12.8 Å². The van der Waals surface area contributed by atoms with Crippen LogP contribution in [0.15, 0.2) is 0 Å². The van der Waals surface area contributed by atoms with Gasteiger partial charge < -0.3 is 20.3 Å². The zero-order valence-corrected chi connectivity index (χ0v) is 8.50. The molecule has 1 saturated carbocycles. The number of hydrogen-bond acceptors (Lipinski definition) is 4. The van der Waals surface area contributed by atoms with E-state index in [0.29, 0.717) is 13.2 Å². The summed E-state index contributed by atoms with van der Waals surface area (Å²) in [5, 5.41) is 9.05. The van der Waals surface area contributed by atoms with Crippen molar-refractivity contribution in [2.45, 2.75) is 43.4 Å². The van der Waals surface area contributed by atoms with Crippen molar-refractivity contribution in [3.05, 3.63) is 0 Å². The molecule has 1 aliphatic carbocycles. The zero-order chi connectivity index (χ0) is 10.1. The smallest absolute Gasteiger partial charge is 0.168 e. The van der Waals surface area contributed by atoms with E-state index in [-0.39, 0.29) is 12.4 Å². The maximum Gasteiger partial charge on any atom is 0.168 e.